The normalized spacial score (nSPS) is 12.0. The number of hydrogen-bond acceptors (Lipinski definition) is 1. The molecule has 0 aliphatic carbocycles. The van der Waals surface area contributed by atoms with E-state index in [1.807, 2.05) is 0 Å². The lowest BCUT2D eigenvalue weighted by Gasteiger charge is -2.10. The molecule has 0 aliphatic rings. The fraction of sp³-hybridized carbons (Fsp3) is 0.400. The number of halogens is 3. The molecule has 1 rings (SSSR count). The second-order valence-electron chi connectivity index (χ2n) is 3.09. The molecule has 1 nitrogen and oxygen atoms in total. The molecular weight excluding hydrogens is 208 g/mol. The molecule has 1 aromatic rings. The SMILES string of the molecule is Cc1cc([C@@H](N)CCF)ccc1F.Cl. The van der Waals surface area contributed by atoms with Gasteiger partial charge in [-0.1, -0.05) is 12.1 Å². The van der Waals surface area contributed by atoms with E-state index < -0.39 is 6.67 Å². The molecule has 2 N–H and O–H groups in total. The van der Waals surface area contributed by atoms with Gasteiger partial charge in [0.25, 0.3) is 0 Å². The van der Waals surface area contributed by atoms with Crippen LogP contribution in [0, 0.1) is 12.7 Å². The number of hydrogen-bond donors (Lipinski definition) is 1. The second-order valence-corrected chi connectivity index (χ2v) is 3.09. The van der Waals surface area contributed by atoms with Gasteiger partial charge in [-0.25, -0.2) is 4.39 Å². The molecule has 0 amide bonds. The first-order valence-electron chi connectivity index (χ1n) is 4.22. The van der Waals surface area contributed by atoms with Gasteiger partial charge in [-0.05, 0) is 30.5 Å². The van der Waals surface area contributed by atoms with E-state index in [0.29, 0.717) is 5.56 Å². The van der Waals surface area contributed by atoms with Crippen molar-refractivity contribution in [2.45, 2.75) is 19.4 Å². The molecule has 14 heavy (non-hydrogen) atoms. The van der Waals surface area contributed by atoms with Crippen LogP contribution in [-0.2, 0) is 0 Å². The van der Waals surface area contributed by atoms with Gasteiger partial charge in [0.05, 0.1) is 6.67 Å². The maximum atomic E-state index is 12.8. The molecule has 1 atom stereocenters. The maximum absolute atomic E-state index is 12.8. The number of alkyl halides is 1. The Morgan fingerprint density at radius 2 is 2.07 bits per heavy atom. The third-order valence-corrected chi connectivity index (χ3v) is 2.03. The summed E-state index contributed by atoms with van der Waals surface area (Å²) in [6, 6.07) is 4.30. The van der Waals surface area contributed by atoms with Crippen molar-refractivity contribution in [1.29, 1.82) is 0 Å². The third-order valence-electron chi connectivity index (χ3n) is 2.03. The van der Waals surface area contributed by atoms with Crippen LogP contribution in [0.15, 0.2) is 18.2 Å². The Bertz CT molecular complexity index is 291. The monoisotopic (exact) mass is 221 g/mol. The van der Waals surface area contributed by atoms with Crippen molar-refractivity contribution in [3.8, 4) is 0 Å². The number of rotatable bonds is 3. The fourth-order valence-corrected chi connectivity index (χ4v) is 1.18. The zero-order valence-electron chi connectivity index (χ0n) is 7.97. The minimum Gasteiger partial charge on any atom is -0.324 e. The molecule has 1 aromatic carbocycles. The van der Waals surface area contributed by atoms with E-state index in [4.69, 9.17) is 5.73 Å². The van der Waals surface area contributed by atoms with E-state index in [0.717, 1.165) is 5.56 Å². The van der Waals surface area contributed by atoms with Gasteiger partial charge in [0.1, 0.15) is 5.82 Å². The molecule has 0 bridgehead atoms. The van der Waals surface area contributed by atoms with Crippen LogP contribution in [0.3, 0.4) is 0 Å². The summed E-state index contributed by atoms with van der Waals surface area (Å²) in [5.74, 6) is -0.254. The molecule has 0 aromatic heterocycles. The highest BCUT2D eigenvalue weighted by molar-refractivity contribution is 5.85. The van der Waals surface area contributed by atoms with Crippen LogP contribution in [0.2, 0.25) is 0 Å². The predicted molar refractivity (Wildman–Crippen MR) is 55.9 cm³/mol. The summed E-state index contributed by atoms with van der Waals surface area (Å²) < 4.78 is 24.8. The molecule has 0 saturated heterocycles. The first-order valence-corrected chi connectivity index (χ1v) is 4.22. The molecule has 0 spiro atoms. The van der Waals surface area contributed by atoms with Gasteiger partial charge in [-0.15, -0.1) is 12.4 Å². The van der Waals surface area contributed by atoms with E-state index in [1.165, 1.54) is 6.07 Å². The van der Waals surface area contributed by atoms with Gasteiger partial charge in [-0.2, -0.15) is 0 Å². The highest BCUT2D eigenvalue weighted by Crippen LogP contribution is 2.17. The van der Waals surface area contributed by atoms with Crippen molar-refractivity contribution >= 4 is 12.4 Å². The average Bonchev–Trinajstić information content (AvgIpc) is 2.10. The number of aryl methyl sites for hydroxylation is 1. The van der Waals surface area contributed by atoms with Crippen LogP contribution in [0.5, 0.6) is 0 Å². The predicted octanol–water partition coefficient (Wildman–Crippen LogP) is 2.92. The van der Waals surface area contributed by atoms with Crippen molar-refractivity contribution in [1.82, 2.24) is 0 Å². The van der Waals surface area contributed by atoms with E-state index in [1.54, 1.807) is 19.1 Å². The highest BCUT2D eigenvalue weighted by atomic mass is 35.5. The Labute approximate surface area is 88.7 Å². The van der Waals surface area contributed by atoms with Gasteiger partial charge in [0.2, 0.25) is 0 Å². The zero-order chi connectivity index (χ0) is 9.84. The van der Waals surface area contributed by atoms with Crippen molar-refractivity contribution < 1.29 is 8.78 Å². The molecular formula is C10H14ClF2N. The van der Waals surface area contributed by atoms with Crippen LogP contribution in [0.4, 0.5) is 8.78 Å². The Kier molecular flexibility index (Phi) is 5.65. The summed E-state index contributed by atoms with van der Waals surface area (Å²) in [6.07, 6.45) is 0.283. The summed E-state index contributed by atoms with van der Waals surface area (Å²) >= 11 is 0. The first kappa shape index (κ1) is 13.3. The lowest BCUT2D eigenvalue weighted by atomic mass is 10.0. The molecule has 0 radical (unpaired) electrons. The van der Waals surface area contributed by atoms with Crippen molar-refractivity contribution in [2.75, 3.05) is 6.67 Å². The quantitative estimate of drug-likeness (QED) is 0.835. The van der Waals surface area contributed by atoms with Gasteiger partial charge >= 0.3 is 0 Å². The maximum Gasteiger partial charge on any atom is 0.126 e. The summed E-state index contributed by atoms with van der Waals surface area (Å²) in [5.41, 5.74) is 7.00. The molecule has 80 valence electrons. The van der Waals surface area contributed by atoms with Gasteiger partial charge < -0.3 is 5.73 Å². The topological polar surface area (TPSA) is 26.0 Å². The first-order chi connectivity index (χ1) is 6.15. The zero-order valence-corrected chi connectivity index (χ0v) is 8.78. The van der Waals surface area contributed by atoms with Crippen LogP contribution in [0.25, 0.3) is 0 Å². The third kappa shape index (κ3) is 3.24. The van der Waals surface area contributed by atoms with E-state index in [-0.39, 0.29) is 30.7 Å². The Morgan fingerprint density at radius 1 is 1.43 bits per heavy atom. The Morgan fingerprint density at radius 3 is 2.57 bits per heavy atom. The van der Waals surface area contributed by atoms with Gasteiger partial charge in [0, 0.05) is 6.04 Å². The molecule has 0 aliphatic heterocycles. The van der Waals surface area contributed by atoms with Gasteiger partial charge in [-0.3, -0.25) is 4.39 Å². The summed E-state index contributed by atoms with van der Waals surface area (Å²) in [5, 5.41) is 0. The molecule has 4 heteroatoms. The Hall–Kier alpha value is -0.670. The minimum atomic E-state index is -0.447. The lowest BCUT2D eigenvalue weighted by molar-refractivity contribution is 0.441. The summed E-state index contributed by atoms with van der Waals surface area (Å²) in [4.78, 5) is 0. The number of nitrogens with two attached hydrogens (primary N) is 1. The van der Waals surface area contributed by atoms with Crippen LogP contribution in [-0.4, -0.2) is 6.67 Å². The largest absolute Gasteiger partial charge is 0.324 e. The minimum absolute atomic E-state index is 0. The van der Waals surface area contributed by atoms with Crippen LogP contribution in [0.1, 0.15) is 23.6 Å². The van der Waals surface area contributed by atoms with Crippen molar-refractivity contribution in [3.63, 3.8) is 0 Å². The van der Waals surface area contributed by atoms with Crippen molar-refractivity contribution in [2.24, 2.45) is 5.73 Å². The highest BCUT2D eigenvalue weighted by Gasteiger charge is 2.06. The number of benzene rings is 1. The van der Waals surface area contributed by atoms with E-state index in [2.05, 4.69) is 0 Å². The smallest absolute Gasteiger partial charge is 0.126 e. The summed E-state index contributed by atoms with van der Waals surface area (Å²) in [6.45, 7) is 1.22. The van der Waals surface area contributed by atoms with E-state index in [9.17, 15) is 8.78 Å². The molecule has 0 unspecified atom stereocenters. The van der Waals surface area contributed by atoms with Crippen LogP contribution < -0.4 is 5.73 Å². The van der Waals surface area contributed by atoms with Crippen molar-refractivity contribution in [3.05, 3.63) is 35.1 Å². The van der Waals surface area contributed by atoms with Crippen LogP contribution >= 0.6 is 12.4 Å². The average molecular weight is 222 g/mol. The second kappa shape index (κ2) is 5.94. The Balaban J connectivity index is 0.00000169. The van der Waals surface area contributed by atoms with Gasteiger partial charge in [0.15, 0.2) is 0 Å². The standard InChI is InChI=1S/C10H13F2N.ClH/c1-7-6-8(2-3-9(7)12)10(13)4-5-11;/h2-3,6,10H,4-5,13H2,1H3;1H/t10-;/m0./s1. The fourth-order valence-electron chi connectivity index (χ4n) is 1.18. The molecule has 0 heterocycles. The lowest BCUT2D eigenvalue weighted by Crippen LogP contribution is -2.11. The van der Waals surface area contributed by atoms with E-state index >= 15 is 0 Å². The molecule has 0 saturated carbocycles. The molecule has 0 fully saturated rings. The summed E-state index contributed by atoms with van der Waals surface area (Å²) in [7, 11) is 0.